The van der Waals surface area contributed by atoms with E-state index in [-0.39, 0.29) is 19.1 Å². The van der Waals surface area contributed by atoms with Crippen molar-refractivity contribution in [1.29, 1.82) is 0 Å². The van der Waals surface area contributed by atoms with Gasteiger partial charge in [-0.2, -0.15) is 0 Å². The molecule has 0 bridgehead atoms. The maximum Gasteiger partial charge on any atom is 0.251 e. The first-order valence-electron chi connectivity index (χ1n) is 5.80. The van der Waals surface area contributed by atoms with Crippen molar-refractivity contribution in [1.82, 2.24) is 5.32 Å². The first-order valence-corrected chi connectivity index (χ1v) is 6.92. The van der Waals surface area contributed by atoms with Gasteiger partial charge in [-0.15, -0.1) is 0 Å². The van der Waals surface area contributed by atoms with Gasteiger partial charge in [0, 0.05) is 10.9 Å². The van der Waals surface area contributed by atoms with Gasteiger partial charge < -0.3 is 15.5 Å². The summed E-state index contributed by atoms with van der Waals surface area (Å²) in [5.41, 5.74) is 0.641. The van der Waals surface area contributed by atoms with Crippen LogP contribution in [0.1, 0.15) is 29.3 Å². The zero-order chi connectivity index (χ0) is 13.6. The Morgan fingerprint density at radius 2 is 1.83 bits per heavy atom. The molecule has 0 aliphatic carbocycles. The average Bonchev–Trinajstić information content (AvgIpc) is 2.45. The third-order valence-electron chi connectivity index (χ3n) is 3.03. The van der Waals surface area contributed by atoms with Crippen molar-refractivity contribution in [2.45, 2.75) is 24.2 Å². The van der Waals surface area contributed by atoms with E-state index in [4.69, 9.17) is 0 Å². The van der Waals surface area contributed by atoms with Crippen LogP contribution in [0.4, 0.5) is 0 Å². The van der Waals surface area contributed by atoms with Crippen molar-refractivity contribution in [3.05, 3.63) is 35.4 Å². The molecule has 0 atom stereocenters. The highest BCUT2D eigenvalue weighted by Gasteiger charge is 2.28. The molecular formula is C13H18BrNO3. The van der Waals surface area contributed by atoms with Gasteiger partial charge in [0.15, 0.2) is 0 Å². The fourth-order valence-corrected chi connectivity index (χ4v) is 1.87. The fourth-order valence-electron chi connectivity index (χ4n) is 1.50. The number of rotatable bonds is 6. The molecule has 0 aliphatic rings. The Labute approximate surface area is 115 Å². The van der Waals surface area contributed by atoms with Crippen molar-refractivity contribution in [3.8, 4) is 0 Å². The van der Waals surface area contributed by atoms with Gasteiger partial charge in [0.1, 0.15) is 0 Å². The summed E-state index contributed by atoms with van der Waals surface area (Å²) in [6.07, 6.45) is 0.464. The fraction of sp³-hybridized carbons (Fsp3) is 0.462. The molecule has 0 fully saturated rings. The molecule has 0 radical (unpaired) electrons. The lowest BCUT2D eigenvalue weighted by Crippen LogP contribution is -2.53. The Morgan fingerprint density at radius 3 is 2.22 bits per heavy atom. The van der Waals surface area contributed by atoms with E-state index in [9.17, 15) is 15.0 Å². The SMILES string of the molecule is CCC(CO)(CO)NC(=O)c1ccc(CBr)cc1. The predicted molar refractivity (Wildman–Crippen MR) is 73.7 cm³/mol. The number of nitrogens with one attached hydrogen (secondary N) is 1. The molecule has 0 spiro atoms. The van der Waals surface area contributed by atoms with Crippen molar-refractivity contribution in [3.63, 3.8) is 0 Å². The van der Waals surface area contributed by atoms with Gasteiger partial charge in [-0.1, -0.05) is 35.0 Å². The van der Waals surface area contributed by atoms with Gasteiger partial charge in [-0.05, 0) is 24.1 Å². The molecule has 3 N–H and O–H groups in total. The van der Waals surface area contributed by atoms with E-state index in [1.54, 1.807) is 19.1 Å². The molecule has 0 saturated heterocycles. The second kappa shape index (κ2) is 6.87. The topological polar surface area (TPSA) is 69.6 Å². The van der Waals surface area contributed by atoms with E-state index in [0.717, 1.165) is 10.9 Å². The largest absolute Gasteiger partial charge is 0.394 e. The number of aliphatic hydroxyl groups is 2. The summed E-state index contributed by atoms with van der Waals surface area (Å²) in [5, 5.41) is 22.0. The van der Waals surface area contributed by atoms with Crippen LogP contribution in [0.3, 0.4) is 0 Å². The highest BCUT2D eigenvalue weighted by atomic mass is 79.9. The van der Waals surface area contributed by atoms with Crippen molar-refractivity contribution < 1.29 is 15.0 Å². The van der Waals surface area contributed by atoms with Crippen molar-refractivity contribution in [2.75, 3.05) is 13.2 Å². The molecule has 1 aromatic carbocycles. The van der Waals surface area contributed by atoms with Crippen LogP contribution in [0.2, 0.25) is 0 Å². The van der Waals surface area contributed by atoms with Crippen molar-refractivity contribution in [2.24, 2.45) is 0 Å². The summed E-state index contributed by atoms with van der Waals surface area (Å²) in [4.78, 5) is 12.0. The Morgan fingerprint density at radius 1 is 1.28 bits per heavy atom. The Balaban J connectivity index is 2.80. The minimum Gasteiger partial charge on any atom is -0.394 e. The number of carbonyl (C=O) groups excluding carboxylic acids is 1. The second-order valence-corrected chi connectivity index (χ2v) is 4.80. The summed E-state index contributed by atoms with van der Waals surface area (Å²) in [7, 11) is 0. The number of benzene rings is 1. The smallest absolute Gasteiger partial charge is 0.251 e. The van der Waals surface area contributed by atoms with Gasteiger partial charge in [-0.25, -0.2) is 0 Å². The molecule has 0 unspecified atom stereocenters. The molecule has 18 heavy (non-hydrogen) atoms. The number of amides is 1. The maximum atomic E-state index is 12.0. The van der Waals surface area contributed by atoms with Crippen LogP contribution in [0.5, 0.6) is 0 Å². The minimum absolute atomic E-state index is 0.286. The van der Waals surface area contributed by atoms with Crippen LogP contribution >= 0.6 is 15.9 Å². The van der Waals surface area contributed by atoms with E-state index >= 15 is 0 Å². The van der Waals surface area contributed by atoms with Crippen LogP contribution in [0, 0.1) is 0 Å². The molecule has 0 aromatic heterocycles. The van der Waals surface area contributed by atoms with E-state index < -0.39 is 5.54 Å². The molecule has 0 saturated carbocycles. The summed E-state index contributed by atoms with van der Waals surface area (Å²) in [5.74, 6) is -0.291. The van der Waals surface area contributed by atoms with Gasteiger partial charge >= 0.3 is 0 Å². The average molecular weight is 316 g/mol. The van der Waals surface area contributed by atoms with Crippen LogP contribution in [0.15, 0.2) is 24.3 Å². The number of carbonyl (C=O) groups is 1. The van der Waals surface area contributed by atoms with Gasteiger partial charge in [-0.3, -0.25) is 4.79 Å². The third-order valence-corrected chi connectivity index (χ3v) is 3.68. The Bertz CT molecular complexity index is 379. The number of alkyl halides is 1. The van der Waals surface area contributed by atoms with Crippen LogP contribution in [-0.4, -0.2) is 34.9 Å². The molecule has 0 heterocycles. The van der Waals surface area contributed by atoms with Gasteiger partial charge in [0.05, 0.1) is 18.8 Å². The molecule has 5 heteroatoms. The first-order chi connectivity index (χ1) is 8.60. The summed E-state index contributed by atoms with van der Waals surface area (Å²) in [6.45, 7) is 1.23. The molecule has 4 nitrogen and oxygen atoms in total. The van der Waals surface area contributed by atoms with Gasteiger partial charge in [0.2, 0.25) is 0 Å². The van der Waals surface area contributed by atoms with E-state index in [2.05, 4.69) is 21.2 Å². The lowest BCUT2D eigenvalue weighted by Gasteiger charge is -2.29. The van der Waals surface area contributed by atoms with Crippen LogP contribution in [-0.2, 0) is 5.33 Å². The Kier molecular flexibility index (Phi) is 5.78. The lowest BCUT2D eigenvalue weighted by atomic mass is 9.97. The van der Waals surface area contributed by atoms with Crippen LogP contribution < -0.4 is 5.32 Å². The monoisotopic (exact) mass is 315 g/mol. The third kappa shape index (κ3) is 3.54. The van der Waals surface area contributed by atoms with E-state index in [1.807, 2.05) is 12.1 Å². The summed E-state index contributed by atoms with van der Waals surface area (Å²) < 4.78 is 0. The highest BCUT2D eigenvalue weighted by molar-refractivity contribution is 9.08. The number of hydrogen-bond acceptors (Lipinski definition) is 3. The zero-order valence-electron chi connectivity index (χ0n) is 10.3. The van der Waals surface area contributed by atoms with E-state index in [1.165, 1.54) is 0 Å². The lowest BCUT2D eigenvalue weighted by molar-refractivity contribution is 0.0653. The van der Waals surface area contributed by atoms with E-state index in [0.29, 0.717) is 12.0 Å². The number of halogens is 1. The standard InChI is InChI=1S/C13H18BrNO3/c1-2-13(8-16,9-17)15-12(18)11-5-3-10(7-14)4-6-11/h3-6,16-17H,2,7-9H2,1H3,(H,15,18). The molecular weight excluding hydrogens is 298 g/mol. The highest BCUT2D eigenvalue weighted by Crippen LogP contribution is 2.12. The zero-order valence-corrected chi connectivity index (χ0v) is 11.9. The first kappa shape index (κ1) is 15.1. The minimum atomic E-state index is -0.953. The molecule has 0 aliphatic heterocycles. The number of hydrogen-bond donors (Lipinski definition) is 3. The Hall–Kier alpha value is -0.910. The normalized spacial score (nSPS) is 11.3. The maximum absolute atomic E-state index is 12.0. The summed E-state index contributed by atoms with van der Waals surface area (Å²) in [6, 6.07) is 7.16. The molecule has 1 rings (SSSR count). The molecule has 100 valence electrons. The molecule has 1 amide bonds. The number of aliphatic hydroxyl groups excluding tert-OH is 2. The quantitative estimate of drug-likeness (QED) is 0.696. The van der Waals surface area contributed by atoms with Crippen LogP contribution in [0.25, 0.3) is 0 Å². The van der Waals surface area contributed by atoms with Crippen molar-refractivity contribution >= 4 is 21.8 Å². The predicted octanol–water partition coefficient (Wildman–Crippen LogP) is 1.44. The summed E-state index contributed by atoms with van der Waals surface area (Å²) >= 11 is 3.33. The second-order valence-electron chi connectivity index (χ2n) is 4.23. The molecule has 1 aromatic rings. The van der Waals surface area contributed by atoms with Gasteiger partial charge in [0.25, 0.3) is 5.91 Å².